The second-order valence-corrected chi connectivity index (χ2v) is 9.01. The van der Waals surface area contributed by atoms with Crippen LogP contribution in [0.15, 0.2) is 84.9 Å². The number of aryl methyl sites for hydroxylation is 1. The Morgan fingerprint density at radius 1 is 0.914 bits per heavy atom. The van der Waals surface area contributed by atoms with Crippen molar-refractivity contribution >= 4 is 16.8 Å². The Bertz CT molecular complexity index is 1310. The first kappa shape index (κ1) is 22.9. The molecule has 3 aromatic carbocycles. The number of hydrogen-bond donors (Lipinski definition) is 0. The molecule has 4 aromatic rings. The summed E-state index contributed by atoms with van der Waals surface area (Å²) in [5, 5.41) is 1.09. The van der Waals surface area contributed by atoms with Crippen molar-refractivity contribution in [1.29, 1.82) is 0 Å². The maximum atomic E-state index is 13.8. The van der Waals surface area contributed by atoms with E-state index in [0.717, 1.165) is 35.9 Å². The van der Waals surface area contributed by atoms with Crippen molar-refractivity contribution in [2.24, 2.45) is 0 Å². The van der Waals surface area contributed by atoms with Gasteiger partial charge in [-0.3, -0.25) is 9.78 Å². The van der Waals surface area contributed by atoms with Gasteiger partial charge in [0.2, 0.25) is 0 Å². The number of ether oxygens (including phenoxy) is 2. The van der Waals surface area contributed by atoms with Gasteiger partial charge in [0.05, 0.1) is 31.0 Å². The van der Waals surface area contributed by atoms with Crippen molar-refractivity contribution in [3.63, 3.8) is 0 Å². The molecule has 1 aromatic heterocycles. The summed E-state index contributed by atoms with van der Waals surface area (Å²) in [6.45, 7) is 3.76. The van der Waals surface area contributed by atoms with Crippen molar-refractivity contribution in [2.75, 3.05) is 13.2 Å². The SMILES string of the molecule is CC(CCc1ccccc1)N(Cc1ccc2ccccc2n1)C(=O)c1ccc2c(c1)OCCCO2. The zero-order chi connectivity index (χ0) is 24.0. The van der Waals surface area contributed by atoms with Gasteiger partial charge in [0.1, 0.15) is 0 Å². The summed E-state index contributed by atoms with van der Waals surface area (Å²) >= 11 is 0. The van der Waals surface area contributed by atoms with E-state index < -0.39 is 0 Å². The Morgan fingerprint density at radius 2 is 1.69 bits per heavy atom. The number of rotatable bonds is 7. The Kier molecular flexibility index (Phi) is 6.94. The fourth-order valence-corrected chi connectivity index (χ4v) is 4.44. The summed E-state index contributed by atoms with van der Waals surface area (Å²) < 4.78 is 11.6. The van der Waals surface area contributed by atoms with E-state index >= 15 is 0 Å². The lowest BCUT2D eigenvalue weighted by Gasteiger charge is -2.30. The Hall–Kier alpha value is -3.86. The van der Waals surface area contributed by atoms with Crippen molar-refractivity contribution in [3.05, 3.63) is 102 Å². The molecule has 2 heterocycles. The van der Waals surface area contributed by atoms with E-state index in [0.29, 0.717) is 36.8 Å². The van der Waals surface area contributed by atoms with Crippen molar-refractivity contribution in [3.8, 4) is 11.5 Å². The first-order chi connectivity index (χ1) is 17.2. The number of para-hydroxylation sites is 1. The Balaban J connectivity index is 1.42. The van der Waals surface area contributed by atoms with Crippen LogP contribution in [-0.2, 0) is 13.0 Å². The molecule has 1 atom stereocenters. The van der Waals surface area contributed by atoms with Crippen LogP contribution in [0.2, 0.25) is 0 Å². The summed E-state index contributed by atoms with van der Waals surface area (Å²) in [6.07, 6.45) is 2.58. The molecule has 1 aliphatic rings. The number of fused-ring (bicyclic) bond motifs is 2. The maximum absolute atomic E-state index is 13.8. The number of aromatic nitrogens is 1. The molecule has 0 spiro atoms. The summed E-state index contributed by atoms with van der Waals surface area (Å²) in [5.41, 5.74) is 3.68. The molecule has 0 saturated carbocycles. The van der Waals surface area contributed by atoms with E-state index in [-0.39, 0.29) is 11.9 Å². The molecular weight excluding hydrogens is 436 g/mol. The number of carbonyl (C=O) groups is 1. The van der Waals surface area contributed by atoms with E-state index in [1.165, 1.54) is 5.56 Å². The fraction of sp³-hybridized carbons (Fsp3) is 0.267. The Labute approximate surface area is 206 Å². The number of pyridine rings is 1. The van der Waals surface area contributed by atoms with Gasteiger partial charge < -0.3 is 14.4 Å². The summed E-state index contributed by atoms with van der Waals surface area (Å²) in [4.78, 5) is 20.6. The van der Waals surface area contributed by atoms with Gasteiger partial charge in [0, 0.05) is 23.4 Å². The van der Waals surface area contributed by atoms with Gasteiger partial charge in [-0.1, -0.05) is 54.6 Å². The second kappa shape index (κ2) is 10.6. The molecule has 35 heavy (non-hydrogen) atoms. The van der Waals surface area contributed by atoms with Crippen LogP contribution in [0, 0.1) is 0 Å². The second-order valence-electron chi connectivity index (χ2n) is 9.01. The third-order valence-electron chi connectivity index (χ3n) is 6.47. The van der Waals surface area contributed by atoms with Crippen molar-refractivity contribution in [2.45, 2.75) is 38.8 Å². The highest BCUT2D eigenvalue weighted by Gasteiger charge is 2.24. The molecule has 0 saturated heterocycles. The molecule has 1 aliphatic heterocycles. The van der Waals surface area contributed by atoms with Crippen LogP contribution in [0.25, 0.3) is 10.9 Å². The fourth-order valence-electron chi connectivity index (χ4n) is 4.44. The van der Waals surface area contributed by atoms with Gasteiger partial charge in [-0.25, -0.2) is 0 Å². The minimum Gasteiger partial charge on any atom is -0.490 e. The number of carbonyl (C=O) groups excluding carboxylic acids is 1. The van der Waals surface area contributed by atoms with E-state index in [1.54, 1.807) is 0 Å². The van der Waals surface area contributed by atoms with Gasteiger partial charge in [0.25, 0.3) is 5.91 Å². The maximum Gasteiger partial charge on any atom is 0.254 e. The quantitative estimate of drug-likeness (QED) is 0.332. The van der Waals surface area contributed by atoms with Gasteiger partial charge in [0.15, 0.2) is 11.5 Å². The molecule has 0 N–H and O–H groups in total. The van der Waals surface area contributed by atoms with Gasteiger partial charge in [-0.15, -0.1) is 0 Å². The van der Waals surface area contributed by atoms with Crippen LogP contribution in [0.1, 0.15) is 41.4 Å². The zero-order valence-corrected chi connectivity index (χ0v) is 20.0. The van der Waals surface area contributed by atoms with Gasteiger partial charge in [-0.05, 0) is 55.7 Å². The largest absolute Gasteiger partial charge is 0.490 e. The molecule has 0 bridgehead atoms. The summed E-state index contributed by atoms with van der Waals surface area (Å²) in [6, 6.07) is 28.1. The summed E-state index contributed by atoms with van der Waals surface area (Å²) in [5.74, 6) is 1.30. The predicted molar refractivity (Wildman–Crippen MR) is 138 cm³/mol. The average molecular weight is 467 g/mol. The molecular formula is C30H30N2O3. The Morgan fingerprint density at radius 3 is 2.54 bits per heavy atom. The number of amides is 1. The van der Waals surface area contributed by atoms with Crippen LogP contribution in [-0.4, -0.2) is 35.0 Å². The lowest BCUT2D eigenvalue weighted by Crippen LogP contribution is -2.38. The monoisotopic (exact) mass is 466 g/mol. The lowest BCUT2D eigenvalue weighted by molar-refractivity contribution is 0.0664. The standard InChI is InChI=1S/C30H30N2O3/c1-22(12-13-23-8-3-2-4-9-23)32(21-26-16-14-24-10-5-6-11-27(24)31-26)30(33)25-15-17-28-29(20-25)35-19-7-18-34-28/h2-6,8-11,14-17,20,22H,7,12-13,18-19,21H2,1H3. The molecule has 5 rings (SSSR count). The third-order valence-corrected chi connectivity index (χ3v) is 6.47. The van der Waals surface area contributed by atoms with Crippen LogP contribution in [0.3, 0.4) is 0 Å². The highest BCUT2D eigenvalue weighted by atomic mass is 16.5. The molecule has 1 amide bonds. The normalized spacial score (nSPS) is 13.7. The first-order valence-electron chi connectivity index (χ1n) is 12.3. The molecule has 5 nitrogen and oxygen atoms in total. The average Bonchev–Trinajstić information content (AvgIpc) is 3.15. The van der Waals surface area contributed by atoms with Crippen molar-refractivity contribution < 1.29 is 14.3 Å². The number of hydrogen-bond acceptors (Lipinski definition) is 4. The van der Waals surface area contributed by atoms with Crippen LogP contribution in [0.5, 0.6) is 11.5 Å². The van der Waals surface area contributed by atoms with E-state index in [4.69, 9.17) is 14.5 Å². The van der Waals surface area contributed by atoms with Crippen molar-refractivity contribution in [1.82, 2.24) is 9.88 Å². The summed E-state index contributed by atoms with van der Waals surface area (Å²) in [7, 11) is 0. The van der Waals surface area contributed by atoms with E-state index in [9.17, 15) is 4.79 Å². The highest BCUT2D eigenvalue weighted by molar-refractivity contribution is 5.95. The first-order valence-corrected chi connectivity index (χ1v) is 12.3. The predicted octanol–water partition coefficient (Wildman–Crippen LogP) is 6.06. The van der Waals surface area contributed by atoms with Crippen LogP contribution >= 0.6 is 0 Å². The highest BCUT2D eigenvalue weighted by Crippen LogP contribution is 2.31. The lowest BCUT2D eigenvalue weighted by atomic mass is 10.0. The number of nitrogens with zero attached hydrogens (tertiary/aromatic N) is 2. The van der Waals surface area contributed by atoms with Gasteiger partial charge in [-0.2, -0.15) is 0 Å². The van der Waals surface area contributed by atoms with E-state index in [2.05, 4.69) is 43.3 Å². The molecule has 0 aliphatic carbocycles. The molecule has 1 unspecified atom stereocenters. The molecule has 0 radical (unpaired) electrons. The number of benzene rings is 3. The molecule has 178 valence electrons. The third kappa shape index (κ3) is 5.46. The van der Waals surface area contributed by atoms with Crippen LogP contribution < -0.4 is 9.47 Å². The topological polar surface area (TPSA) is 51.7 Å². The molecule has 5 heteroatoms. The smallest absolute Gasteiger partial charge is 0.254 e. The minimum atomic E-state index is -0.0313. The zero-order valence-electron chi connectivity index (χ0n) is 20.0. The minimum absolute atomic E-state index is 0.0203. The van der Waals surface area contributed by atoms with Crippen LogP contribution in [0.4, 0.5) is 0 Å². The van der Waals surface area contributed by atoms with E-state index in [1.807, 2.05) is 53.4 Å². The molecule has 0 fully saturated rings. The van der Waals surface area contributed by atoms with Gasteiger partial charge >= 0.3 is 0 Å².